The fraction of sp³-hybridized carbons (Fsp3) is 0.238. The van der Waals surface area contributed by atoms with Crippen molar-refractivity contribution in [1.82, 2.24) is 0 Å². The third kappa shape index (κ3) is 5.77. The molecule has 0 heterocycles. The molecule has 0 spiro atoms. The van der Waals surface area contributed by atoms with Gasteiger partial charge in [0.2, 0.25) is 0 Å². The fourth-order valence-corrected chi connectivity index (χ4v) is 2.47. The van der Waals surface area contributed by atoms with Crippen LogP contribution in [0.15, 0.2) is 42.5 Å². The Bertz CT molecular complexity index is 902. The minimum absolute atomic E-state index is 0.0731. The molecule has 0 bridgehead atoms. The number of Topliss-reactive ketones (excluding diaryl/α,β-unsaturated/α-hetero) is 2. The molecule has 0 radical (unpaired) electrons. The van der Waals surface area contributed by atoms with Crippen molar-refractivity contribution >= 4 is 29.1 Å². The number of ketones is 2. The van der Waals surface area contributed by atoms with Crippen LogP contribution in [0.25, 0.3) is 0 Å². The van der Waals surface area contributed by atoms with Gasteiger partial charge in [0.05, 0.1) is 13.5 Å². The van der Waals surface area contributed by atoms with Gasteiger partial charge in [0, 0.05) is 22.4 Å². The fourth-order valence-electron chi connectivity index (χ4n) is 2.47. The van der Waals surface area contributed by atoms with Gasteiger partial charge >= 0.3 is 5.97 Å². The van der Waals surface area contributed by atoms with Crippen molar-refractivity contribution in [2.45, 2.75) is 20.3 Å². The molecule has 0 unspecified atom stereocenters. The van der Waals surface area contributed by atoms with E-state index in [-0.39, 0.29) is 18.0 Å². The molecule has 0 aliphatic heterocycles. The summed E-state index contributed by atoms with van der Waals surface area (Å²) < 4.78 is 10.2. The molecule has 0 atom stereocenters. The summed E-state index contributed by atoms with van der Waals surface area (Å²) in [5.41, 5.74) is 1.98. The van der Waals surface area contributed by atoms with Gasteiger partial charge in [0.1, 0.15) is 5.75 Å². The predicted octanol–water partition coefficient (Wildman–Crippen LogP) is 2.82. The molecule has 7 heteroatoms. The van der Waals surface area contributed by atoms with Crippen molar-refractivity contribution in [2.24, 2.45) is 0 Å². The molecule has 1 N–H and O–H groups in total. The van der Waals surface area contributed by atoms with E-state index in [1.807, 2.05) is 0 Å². The van der Waals surface area contributed by atoms with E-state index in [9.17, 15) is 19.2 Å². The van der Waals surface area contributed by atoms with Crippen molar-refractivity contribution < 1.29 is 28.7 Å². The molecule has 146 valence electrons. The van der Waals surface area contributed by atoms with Crippen LogP contribution >= 0.6 is 0 Å². The number of amides is 1. The molecule has 7 nitrogen and oxygen atoms in total. The zero-order chi connectivity index (χ0) is 20.7. The Morgan fingerprint density at radius 3 is 2.07 bits per heavy atom. The first kappa shape index (κ1) is 20.8. The third-order valence-corrected chi connectivity index (χ3v) is 3.96. The molecule has 0 aliphatic rings. The van der Waals surface area contributed by atoms with Crippen LogP contribution in [0, 0.1) is 0 Å². The molecule has 0 saturated carbocycles. The average molecular weight is 383 g/mol. The van der Waals surface area contributed by atoms with Crippen molar-refractivity contribution in [3.63, 3.8) is 0 Å². The highest BCUT2D eigenvalue weighted by molar-refractivity contribution is 5.96. The highest BCUT2D eigenvalue weighted by atomic mass is 16.5. The number of carbonyl (C=O) groups is 4. The van der Waals surface area contributed by atoms with Gasteiger partial charge in [-0.15, -0.1) is 0 Å². The zero-order valence-corrected chi connectivity index (χ0v) is 15.9. The Labute approximate surface area is 162 Å². The summed E-state index contributed by atoms with van der Waals surface area (Å²) in [5.74, 6) is -0.880. The quantitative estimate of drug-likeness (QED) is 0.556. The zero-order valence-electron chi connectivity index (χ0n) is 15.9. The van der Waals surface area contributed by atoms with Crippen molar-refractivity contribution in [1.29, 1.82) is 0 Å². The van der Waals surface area contributed by atoms with Crippen LogP contribution in [0.1, 0.15) is 40.1 Å². The van der Waals surface area contributed by atoms with E-state index in [0.29, 0.717) is 28.1 Å². The number of methoxy groups -OCH3 is 1. The first-order chi connectivity index (χ1) is 13.3. The summed E-state index contributed by atoms with van der Waals surface area (Å²) in [6.45, 7) is 2.42. The monoisotopic (exact) mass is 383 g/mol. The summed E-state index contributed by atoms with van der Waals surface area (Å²) >= 11 is 0. The molecular formula is C21H21NO6. The van der Waals surface area contributed by atoms with Crippen molar-refractivity contribution in [3.8, 4) is 5.75 Å². The van der Waals surface area contributed by atoms with Crippen LogP contribution in [0.5, 0.6) is 5.75 Å². The number of nitrogens with one attached hydrogen (secondary N) is 1. The summed E-state index contributed by atoms with van der Waals surface area (Å²) in [7, 11) is 1.46. The average Bonchev–Trinajstić information content (AvgIpc) is 2.66. The lowest BCUT2D eigenvalue weighted by Gasteiger charge is -2.10. The molecule has 2 rings (SSSR count). The lowest BCUT2D eigenvalue weighted by atomic mass is 10.0. The van der Waals surface area contributed by atoms with Crippen molar-refractivity contribution in [2.75, 3.05) is 19.0 Å². The molecule has 2 aromatic carbocycles. The van der Waals surface area contributed by atoms with Crippen LogP contribution in [-0.4, -0.2) is 37.2 Å². The number of hydrogen-bond acceptors (Lipinski definition) is 6. The first-order valence-electron chi connectivity index (χ1n) is 8.54. The van der Waals surface area contributed by atoms with Crippen LogP contribution < -0.4 is 10.1 Å². The standard InChI is InChI=1S/C21H21NO6/c1-13(23)15-4-7-18(8-5-15)22-20(25)12-28-21(26)11-17-10-16(14(2)24)6-9-19(17)27-3/h4-10H,11-12H2,1-3H3,(H,22,25). The van der Waals surface area contributed by atoms with E-state index in [1.165, 1.54) is 21.0 Å². The minimum Gasteiger partial charge on any atom is -0.496 e. The molecule has 1 amide bonds. The Morgan fingerprint density at radius 2 is 1.50 bits per heavy atom. The number of hydrogen-bond donors (Lipinski definition) is 1. The van der Waals surface area contributed by atoms with Crippen LogP contribution in [0.3, 0.4) is 0 Å². The summed E-state index contributed by atoms with van der Waals surface area (Å²) in [6, 6.07) is 11.2. The maximum Gasteiger partial charge on any atom is 0.310 e. The Balaban J connectivity index is 1.91. The maximum atomic E-state index is 12.1. The normalized spacial score (nSPS) is 10.1. The van der Waals surface area contributed by atoms with E-state index in [4.69, 9.17) is 9.47 Å². The molecular weight excluding hydrogens is 362 g/mol. The molecule has 0 saturated heterocycles. The summed E-state index contributed by atoms with van der Waals surface area (Å²) in [6.07, 6.45) is -0.134. The van der Waals surface area contributed by atoms with Crippen molar-refractivity contribution in [3.05, 3.63) is 59.2 Å². The second-order valence-corrected chi connectivity index (χ2v) is 6.10. The van der Waals surface area contributed by atoms with Gasteiger partial charge in [0.25, 0.3) is 5.91 Å². The van der Waals surface area contributed by atoms with E-state index < -0.39 is 18.5 Å². The first-order valence-corrected chi connectivity index (χ1v) is 8.54. The second-order valence-electron chi connectivity index (χ2n) is 6.10. The highest BCUT2D eigenvalue weighted by Gasteiger charge is 2.14. The molecule has 28 heavy (non-hydrogen) atoms. The van der Waals surface area contributed by atoms with Gasteiger partial charge in [-0.05, 0) is 56.3 Å². The molecule has 0 aromatic heterocycles. The van der Waals surface area contributed by atoms with Crippen LogP contribution in [0.2, 0.25) is 0 Å². The number of rotatable bonds is 8. The lowest BCUT2D eigenvalue weighted by Crippen LogP contribution is -2.21. The van der Waals surface area contributed by atoms with Gasteiger partial charge in [-0.2, -0.15) is 0 Å². The van der Waals surface area contributed by atoms with E-state index >= 15 is 0 Å². The number of esters is 1. The molecule has 2 aromatic rings. The van der Waals surface area contributed by atoms with E-state index in [2.05, 4.69) is 5.32 Å². The highest BCUT2D eigenvalue weighted by Crippen LogP contribution is 2.21. The minimum atomic E-state index is -0.624. The van der Waals surface area contributed by atoms with E-state index in [0.717, 1.165) is 0 Å². The summed E-state index contributed by atoms with van der Waals surface area (Å²) in [4.78, 5) is 46.7. The van der Waals surface area contributed by atoms with Gasteiger partial charge in [-0.1, -0.05) is 0 Å². The smallest absolute Gasteiger partial charge is 0.310 e. The van der Waals surface area contributed by atoms with Crippen LogP contribution in [0.4, 0.5) is 5.69 Å². The van der Waals surface area contributed by atoms with Gasteiger partial charge in [-0.3, -0.25) is 19.2 Å². The Morgan fingerprint density at radius 1 is 0.893 bits per heavy atom. The number of carbonyl (C=O) groups excluding carboxylic acids is 4. The van der Waals surface area contributed by atoms with Gasteiger partial charge < -0.3 is 14.8 Å². The number of ether oxygens (including phenoxy) is 2. The van der Waals surface area contributed by atoms with Crippen LogP contribution in [-0.2, 0) is 20.7 Å². The Hall–Kier alpha value is -3.48. The molecule has 0 aliphatic carbocycles. The summed E-state index contributed by atoms with van der Waals surface area (Å²) in [5, 5.41) is 2.58. The maximum absolute atomic E-state index is 12.1. The van der Waals surface area contributed by atoms with E-state index in [1.54, 1.807) is 42.5 Å². The SMILES string of the molecule is COc1ccc(C(C)=O)cc1CC(=O)OCC(=O)Nc1ccc(C(C)=O)cc1. The number of anilines is 1. The topological polar surface area (TPSA) is 98.8 Å². The predicted molar refractivity (Wildman–Crippen MR) is 103 cm³/mol. The van der Waals surface area contributed by atoms with Gasteiger partial charge in [-0.25, -0.2) is 0 Å². The number of benzene rings is 2. The Kier molecular flexibility index (Phi) is 7.03. The van der Waals surface area contributed by atoms with Gasteiger partial charge in [0.15, 0.2) is 18.2 Å². The largest absolute Gasteiger partial charge is 0.496 e. The second kappa shape index (κ2) is 9.45. The molecule has 0 fully saturated rings. The lowest BCUT2D eigenvalue weighted by molar-refractivity contribution is -0.146. The third-order valence-electron chi connectivity index (χ3n) is 3.96.